The van der Waals surface area contributed by atoms with Crippen molar-refractivity contribution in [1.29, 1.82) is 0 Å². The second kappa shape index (κ2) is 8.92. The zero-order valence-electron chi connectivity index (χ0n) is 16.1. The molecule has 28 heavy (non-hydrogen) atoms. The van der Waals surface area contributed by atoms with Gasteiger partial charge in [0, 0.05) is 17.5 Å². The number of esters is 1. The summed E-state index contributed by atoms with van der Waals surface area (Å²) in [6.07, 6.45) is 1.90. The molecule has 1 N–H and O–H groups in total. The summed E-state index contributed by atoms with van der Waals surface area (Å²) in [5.74, 6) is 0.709. The van der Waals surface area contributed by atoms with Gasteiger partial charge in [0.25, 0.3) is 0 Å². The number of rotatable bonds is 8. The van der Waals surface area contributed by atoms with E-state index in [1.807, 2.05) is 0 Å². The first-order valence-electron chi connectivity index (χ1n) is 8.96. The number of nitrogens with zero attached hydrogens (tertiary/aromatic N) is 2. The molecule has 8 nitrogen and oxygen atoms in total. The van der Waals surface area contributed by atoms with Crippen molar-refractivity contribution in [3.63, 3.8) is 0 Å². The van der Waals surface area contributed by atoms with Gasteiger partial charge in [0.15, 0.2) is 5.69 Å². The Hall–Kier alpha value is -2.81. The molecule has 0 spiro atoms. The van der Waals surface area contributed by atoms with Gasteiger partial charge < -0.3 is 24.4 Å². The van der Waals surface area contributed by atoms with Crippen molar-refractivity contribution >= 4 is 29.0 Å². The lowest BCUT2D eigenvalue weighted by Crippen LogP contribution is -2.36. The molecular formula is C19H23N3O5S. The molecule has 1 aliphatic carbocycles. The minimum Gasteiger partial charge on any atom is -0.497 e. The topological polar surface area (TPSA) is 90.0 Å². The Labute approximate surface area is 167 Å². The van der Waals surface area contributed by atoms with Crippen molar-refractivity contribution in [3.8, 4) is 11.5 Å². The smallest absolute Gasteiger partial charge is 0.357 e. The molecule has 1 heterocycles. The van der Waals surface area contributed by atoms with Crippen molar-refractivity contribution in [2.24, 2.45) is 0 Å². The van der Waals surface area contributed by atoms with E-state index in [-0.39, 0.29) is 17.8 Å². The molecule has 0 saturated heterocycles. The number of benzene rings is 1. The molecule has 3 rings (SSSR count). The van der Waals surface area contributed by atoms with E-state index in [1.165, 1.54) is 18.4 Å². The largest absolute Gasteiger partial charge is 0.497 e. The van der Waals surface area contributed by atoms with Gasteiger partial charge in [-0.15, -0.1) is 11.3 Å². The first kappa shape index (κ1) is 19.9. The molecular weight excluding hydrogens is 382 g/mol. The van der Waals surface area contributed by atoms with Gasteiger partial charge in [-0.1, -0.05) is 0 Å². The fourth-order valence-corrected chi connectivity index (χ4v) is 3.43. The predicted octanol–water partition coefficient (Wildman–Crippen LogP) is 3.53. The number of carbonyl (C=O) groups is 2. The lowest BCUT2D eigenvalue weighted by Gasteiger charge is -2.22. The van der Waals surface area contributed by atoms with Crippen LogP contribution in [0.5, 0.6) is 11.5 Å². The molecule has 0 unspecified atom stereocenters. The van der Waals surface area contributed by atoms with E-state index in [4.69, 9.17) is 14.2 Å². The number of aromatic nitrogens is 1. The molecule has 9 heteroatoms. The fraction of sp³-hybridized carbons (Fsp3) is 0.421. The van der Waals surface area contributed by atoms with Crippen LogP contribution >= 0.6 is 11.3 Å². The van der Waals surface area contributed by atoms with Gasteiger partial charge in [0.05, 0.1) is 33.1 Å². The van der Waals surface area contributed by atoms with Crippen molar-refractivity contribution in [2.75, 3.05) is 26.1 Å². The first-order valence-corrected chi connectivity index (χ1v) is 9.84. The maximum absolute atomic E-state index is 12.9. The Bertz CT molecular complexity index is 850. The Morgan fingerprint density at radius 2 is 2.07 bits per heavy atom. The van der Waals surface area contributed by atoms with Gasteiger partial charge in [-0.3, -0.25) is 0 Å². The van der Waals surface area contributed by atoms with Gasteiger partial charge in [-0.2, -0.15) is 0 Å². The number of nitrogens with one attached hydrogen (secondary N) is 1. The lowest BCUT2D eigenvalue weighted by atomic mass is 10.2. The highest BCUT2D eigenvalue weighted by Gasteiger charge is 2.33. The minimum absolute atomic E-state index is 0.166. The maximum Gasteiger partial charge on any atom is 0.357 e. The van der Waals surface area contributed by atoms with Gasteiger partial charge in [-0.05, 0) is 31.9 Å². The van der Waals surface area contributed by atoms with Gasteiger partial charge in [0.1, 0.15) is 16.5 Å². The quantitative estimate of drug-likeness (QED) is 0.676. The normalized spacial score (nSPS) is 13.0. The highest BCUT2D eigenvalue weighted by molar-refractivity contribution is 7.09. The summed E-state index contributed by atoms with van der Waals surface area (Å²) in [5.41, 5.74) is 0.833. The highest BCUT2D eigenvalue weighted by atomic mass is 32.1. The summed E-state index contributed by atoms with van der Waals surface area (Å²) >= 11 is 1.34. The number of methoxy groups -OCH3 is 2. The van der Waals surface area contributed by atoms with Crippen LogP contribution in [0.3, 0.4) is 0 Å². The zero-order chi connectivity index (χ0) is 20.1. The Kier molecular flexibility index (Phi) is 6.35. The van der Waals surface area contributed by atoms with E-state index in [0.29, 0.717) is 35.3 Å². The van der Waals surface area contributed by atoms with Crippen molar-refractivity contribution < 1.29 is 23.8 Å². The lowest BCUT2D eigenvalue weighted by molar-refractivity contribution is 0.0520. The number of thiazole rings is 1. The van der Waals surface area contributed by atoms with E-state index in [2.05, 4.69) is 10.3 Å². The molecule has 2 aromatic rings. The van der Waals surface area contributed by atoms with Gasteiger partial charge in [-0.25, -0.2) is 14.6 Å². The summed E-state index contributed by atoms with van der Waals surface area (Å²) in [6, 6.07) is 5.14. The van der Waals surface area contributed by atoms with E-state index < -0.39 is 5.97 Å². The predicted molar refractivity (Wildman–Crippen MR) is 105 cm³/mol. The Morgan fingerprint density at radius 1 is 1.29 bits per heavy atom. The molecule has 0 aliphatic heterocycles. The maximum atomic E-state index is 12.9. The third kappa shape index (κ3) is 4.72. The van der Waals surface area contributed by atoms with Crippen molar-refractivity contribution in [2.45, 2.75) is 32.4 Å². The standard InChI is InChI=1S/C19H23N3O5S/c1-4-27-18(23)15-11-28-17(20-15)10-22(12-5-6-12)19(24)21-14-8-7-13(25-2)9-16(14)26-3/h7-9,11-12H,4-6,10H2,1-3H3,(H,21,24). The van der Waals surface area contributed by atoms with Crippen LogP contribution in [-0.4, -0.2) is 48.8 Å². The van der Waals surface area contributed by atoms with Gasteiger partial charge >= 0.3 is 12.0 Å². The van der Waals surface area contributed by atoms with Crippen LogP contribution in [0.1, 0.15) is 35.3 Å². The van der Waals surface area contributed by atoms with Crippen LogP contribution in [0.25, 0.3) is 0 Å². The number of carbonyl (C=O) groups excluding carboxylic acids is 2. The van der Waals surface area contributed by atoms with Crippen LogP contribution in [0.2, 0.25) is 0 Å². The highest BCUT2D eigenvalue weighted by Crippen LogP contribution is 2.32. The number of hydrogen-bond donors (Lipinski definition) is 1. The summed E-state index contributed by atoms with van der Waals surface area (Å²) < 4.78 is 15.5. The molecule has 1 aliphatic rings. The SMILES string of the molecule is CCOC(=O)c1csc(CN(C(=O)Nc2ccc(OC)cc2OC)C2CC2)n1. The molecule has 1 aromatic carbocycles. The number of ether oxygens (including phenoxy) is 3. The van der Waals surface area contributed by atoms with Crippen LogP contribution in [0.15, 0.2) is 23.6 Å². The third-order valence-corrected chi connectivity index (χ3v) is 5.07. The molecule has 1 aromatic heterocycles. The van der Waals surface area contributed by atoms with E-state index >= 15 is 0 Å². The van der Waals surface area contributed by atoms with E-state index in [0.717, 1.165) is 12.8 Å². The zero-order valence-corrected chi connectivity index (χ0v) is 16.9. The molecule has 1 fully saturated rings. The Balaban J connectivity index is 1.71. The average Bonchev–Trinajstić information content (AvgIpc) is 3.43. The second-order valence-corrected chi connectivity index (χ2v) is 7.15. The molecule has 0 bridgehead atoms. The average molecular weight is 405 g/mol. The van der Waals surface area contributed by atoms with Crippen LogP contribution in [-0.2, 0) is 11.3 Å². The second-order valence-electron chi connectivity index (χ2n) is 6.20. The van der Waals surface area contributed by atoms with Crippen LogP contribution < -0.4 is 14.8 Å². The minimum atomic E-state index is -0.449. The number of amides is 2. The van der Waals surface area contributed by atoms with Crippen LogP contribution in [0, 0.1) is 0 Å². The number of hydrogen-bond acceptors (Lipinski definition) is 7. The number of urea groups is 1. The van der Waals surface area contributed by atoms with Crippen LogP contribution in [0.4, 0.5) is 10.5 Å². The monoisotopic (exact) mass is 405 g/mol. The van der Waals surface area contributed by atoms with E-state index in [9.17, 15) is 9.59 Å². The van der Waals surface area contributed by atoms with E-state index in [1.54, 1.807) is 42.5 Å². The molecule has 150 valence electrons. The van der Waals surface area contributed by atoms with Crippen molar-refractivity contribution in [3.05, 3.63) is 34.3 Å². The summed E-state index contributed by atoms with van der Waals surface area (Å²) in [7, 11) is 3.11. The molecule has 2 amide bonds. The van der Waals surface area contributed by atoms with Crippen molar-refractivity contribution in [1.82, 2.24) is 9.88 Å². The molecule has 0 radical (unpaired) electrons. The summed E-state index contributed by atoms with van der Waals surface area (Å²) in [5, 5.41) is 5.24. The first-order chi connectivity index (χ1) is 13.5. The third-order valence-electron chi connectivity index (χ3n) is 4.24. The molecule has 1 saturated carbocycles. The molecule has 0 atom stereocenters. The van der Waals surface area contributed by atoms with Gasteiger partial charge in [0.2, 0.25) is 0 Å². The number of anilines is 1. The fourth-order valence-electron chi connectivity index (χ4n) is 2.67. The summed E-state index contributed by atoms with van der Waals surface area (Å²) in [4.78, 5) is 30.7. The Morgan fingerprint density at radius 3 is 2.71 bits per heavy atom. The summed E-state index contributed by atoms with van der Waals surface area (Å²) in [6.45, 7) is 2.38.